The molecule has 0 saturated heterocycles. The first-order valence-electron chi connectivity index (χ1n) is 6.50. The van der Waals surface area contributed by atoms with E-state index in [-0.39, 0.29) is 0 Å². The Hall–Kier alpha value is -1.52. The Bertz CT molecular complexity index is 378. The van der Waals surface area contributed by atoms with Gasteiger partial charge in [0.2, 0.25) is 0 Å². The molecule has 18 heavy (non-hydrogen) atoms. The molecule has 102 valence electrons. The number of guanidine groups is 1. The number of nitrogens with one attached hydrogen (secondary N) is 2. The minimum absolute atomic E-state index is 0.367. The molecule has 0 amide bonds. The average Bonchev–Trinajstić information content (AvgIpc) is 2.70. The topological polar surface area (TPSA) is 54.2 Å². The maximum atomic E-state index is 4.37. The van der Waals surface area contributed by atoms with Gasteiger partial charge in [0.1, 0.15) is 5.82 Å². The van der Waals surface area contributed by atoms with Crippen LogP contribution in [-0.4, -0.2) is 28.6 Å². The monoisotopic (exact) mass is 251 g/mol. The molecule has 5 heteroatoms. The maximum Gasteiger partial charge on any atom is 0.191 e. The highest BCUT2D eigenvalue weighted by Crippen LogP contribution is 2.03. The van der Waals surface area contributed by atoms with Crippen LogP contribution in [0.2, 0.25) is 0 Å². The number of hydrogen-bond acceptors (Lipinski definition) is 2. The third-order valence-electron chi connectivity index (χ3n) is 2.43. The number of imidazole rings is 1. The van der Waals surface area contributed by atoms with Crippen molar-refractivity contribution < 1.29 is 0 Å². The zero-order valence-electron chi connectivity index (χ0n) is 12.1. The largest absolute Gasteiger partial charge is 0.354 e. The van der Waals surface area contributed by atoms with E-state index in [0.717, 1.165) is 18.3 Å². The van der Waals surface area contributed by atoms with Crippen molar-refractivity contribution in [3.8, 4) is 0 Å². The van der Waals surface area contributed by atoms with Gasteiger partial charge in [-0.25, -0.2) is 4.98 Å². The molecule has 0 saturated carbocycles. The van der Waals surface area contributed by atoms with Crippen molar-refractivity contribution in [2.75, 3.05) is 7.05 Å². The minimum Gasteiger partial charge on any atom is -0.354 e. The second kappa shape index (κ2) is 7.03. The first-order chi connectivity index (χ1) is 8.52. The number of hydrogen-bond donors (Lipinski definition) is 2. The summed E-state index contributed by atoms with van der Waals surface area (Å²) < 4.78 is 2.18. The van der Waals surface area contributed by atoms with Gasteiger partial charge in [-0.3, -0.25) is 4.99 Å². The van der Waals surface area contributed by atoms with Crippen LogP contribution >= 0.6 is 0 Å². The summed E-state index contributed by atoms with van der Waals surface area (Å²) in [5.74, 6) is 2.46. The van der Waals surface area contributed by atoms with Crippen LogP contribution in [0.25, 0.3) is 0 Å². The van der Waals surface area contributed by atoms with Gasteiger partial charge in [0.25, 0.3) is 0 Å². The molecule has 1 aromatic heterocycles. The van der Waals surface area contributed by atoms with E-state index >= 15 is 0 Å². The molecule has 0 aliphatic carbocycles. The summed E-state index contributed by atoms with van der Waals surface area (Å²) in [4.78, 5) is 8.55. The van der Waals surface area contributed by atoms with Gasteiger partial charge in [0, 0.05) is 32.0 Å². The smallest absolute Gasteiger partial charge is 0.191 e. The van der Waals surface area contributed by atoms with Gasteiger partial charge in [0.15, 0.2) is 5.96 Å². The van der Waals surface area contributed by atoms with E-state index in [1.54, 1.807) is 7.05 Å². The first kappa shape index (κ1) is 14.5. The molecule has 5 nitrogen and oxygen atoms in total. The molecular formula is C13H25N5. The Morgan fingerprint density at radius 1 is 1.39 bits per heavy atom. The van der Waals surface area contributed by atoms with E-state index in [1.807, 2.05) is 12.4 Å². The highest BCUT2D eigenvalue weighted by atomic mass is 15.2. The van der Waals surface area contributed by atoms with Crippen LogP contribution in [0, 0.1) is 5.92 Å². The zero-order valence-corrected chi connectivity index (χ0v) is 12.1. The second-order valence-electron chi connectivity index (χ2n) is 5.11. The molecule has 0 radical (unpaired) electrons. The molecule has 0 fully saturated rings. The normalized spacial score (nSPS) is 12.3. The number of rotatable bonds is 5. The molecule has 0 aromatic carbocycles. The fourth-order valence-corrected chi connectivity index (χ4v) is 1.70. The van der Waals surface area contributed by atoms with Gasteiger partial charge < -0.3 is 15.2 Å². The lowest BCUT2D eigenvalue weighted by atomic mass is 10.2. The summed E-state index contributed by atoms with van der Waals surface area (Å²) >= 11 is 0. The van der Waals surface area contributed by atoms with Crippen molar-refractivity contribution >= 4 is 5.96 Å². The van der Waals surface area contributed by atoms with E-state index in [4.69, 9.17) is 0 Å². The number of nitrogens with zero attached hydrogens (tertiary/aromatic N) is 3. The average molecular weight is 251 g/mol. The van der Waals surface area contributed by atoms with E-state index in [2.05, 4.69) is 52.9 Å². The highest BCUT2D eigenvalue weighted by Gasteiger charge is 2.06. The molecular weight excluding hydrogens is 226 g/mol. The van der Waals surface area contributed by atoms with Crippen LogP contribution in [0.15, 0.2) is 17.4 Å². The lowest BCUT2D eigenvalue weighted by molar-refractivity contribution is 0.503. The van der Waals surface area contributed by atoms with E-state index in [0.29, 0.717) is 18.5 Å². The Balaban J connectivity index is 2.55. The van der Waals surface area contributed by atoms with E-state index in [1.165, 1.54) is 0 Å². The Labute approximate surface area is 110 Å². The predicted molar refractivity (Wildman–Crippen MR) is 75.5 cm³/mol. The van der Waals surface area contributed by atoms with Gasteiger partial charge >= 0.3 is 0 Å². The fraction of sp³-hybridized carbons (Fsp3) is 0.692. The number of aromatic nitrogens is 2. The Morgan fingerprint density at radius 3 is 2.67 bits per heavy atom. The molecule has 0 aliphatic rings. The number of aliphatic imine (C=N–C) groups is 1. The van der Waals surface area contributed by atoms with Crippen LogP contribution in [0.1, 0.15) is 33.5 Å². The van der Waals surface area contributed by atoms with Gasteiger partial charge in [-0.05, 0) is 19.8 Å². The van der Waals surface area contributed by atoms with Gasteiger partial charge in [-0.2, -0.15) is 0 Å². The molecule has 0 atom stereocenters. The highest BCUT2D eigenvalue weighted by molar-refractivity contribution is 5.79. The van der Waals surface area contributed by atoms with Crippen LogP contribution in [0.4, 0.5) is 0 Å². The summed E-state index contributed by atoms with van der Waals surface area (Å²) in [6, 6.07) is 0.367. The van der Waals surface area contributed by atoms with Crippen molar-refractivity contribution in [3.05, 3.63) is 18.2 Å². The Kier molecular flexibility index (Phi) is 5.68. The van der Waals surface area contributed by atoms with E-state index < -0.39 is 0 Å². The lowest BCUT2D eigenvalue weighted by Gasteiger charge is -2.15. The van der Waals surface area contributed by atoms with Gasteiger partial charge in [-0.15, -0.1) is 0 Å². The van der Waals surface area contributed by atoms with Gasteiger partial charge in [0.05, 0.1) is 6.54 Å². The van der Waals surface area contributed by atoms with Crippen LogP contribution in [0.3, 0.4) is 0 Å². The molecule has 1 heterocycles. The molecule has 0 aliphatic heterocycles. The SMILES string of the molecule is CN=C(NCc1nccn1CC(C)C)NC(C)C. The summed E-state index contributed by atoms with van der Waals surface area (Å²) in [5, 5.41) is 6.53. The van der Waals surface area contributed by atoms with Crippen molar-refractivity contribution in [2.24, 2.45) is 10.9 Å². The minimum atomic E-state index is 0.367. The van der Waals surface area contributed by atoms with E-state index in [9.17, 15) is 0 Å². The molecule has 0 bridgehead atoms. The molecule has 1 rings (SSSR count). The summed E-state index contributed by atoms with van der Waals surface area (Å²) in [6.45, 7) is 10.3. The molecule has 2 N–H and O–H groups in total. The van der Waals surface area contributed by atoms with Crippen molar-refractivity contribution in [3.63, 3.8) is 0 Å². The lowest BCUT2D eigenvalue weighted by Crippen LogP contribution is -2.41. The zero-order chi connectivity index (χ0) is 13.5. The first-order valence-corrected chi connectivity index (χ1v) is 6.50. The van der Waals surface area contributed by atoms with Crippen molar-refractivity contribution in [2.45, 2.75) is 46.8 Å². The third kappa shape index (κ3) is 4.77. The molecule has 0 unspecified atom stereocenters. The fourth-order valence-electron chi connectivity index (χ4n) is 1.70. The van der Waals surface area contributed by atoms with Crippen LogP contribution in [-0.2, 0) is 13.1 Å². The summed E-state index contributed by atoms with van der Waals surface area (Å²) in [6.07, 6.45) is 3.87. The quantitative estimate of drug-likeness (QED) is 0.617. The van der Waals surface area contributed by atoms with Gasteiger partial charge in [-0.1, -0.05) is 13.8 Å². The third-order valence-corrected chi connectivity index (χ3v) is 2.43. The summed E-state index contributed by atoms with van der Waals surface area (Å²) in [7, 11) is 1.78. The van der Waals surface area contributed by atoms with Crippen LogP contribution in [0.5, 0.6) is 0 Å². The second-order valence-corrected chi connectivity index (χ2v) is 5.11. The van der Waals surface area contributed by atoms with Crippen LogP contribution < -0.4 is 10.6 Å². The Morgan fingerprint density at radius 2 is 2.11 bits per heavy atom. The standard InChI is InChI=1S/C13H25N5/c1-10(2)9-18-7-6-15-12(18)8-16-13(14-5)17-11(3)4/h6-7,10-11H,8-9H2,1-5H3,(H2,14,16,17). The molecule has 0 spiro atoms. The predicted octanol–water partition coefficient (Wildman–Crippen LogP) is 1.61. The molecule has 1 aromatic rings. The van der Waals surface area contributed by atoms with Crippen molar-refractivity contribution in [1.29, 1.82) is 0 Å². The summed E-state index contributed by atoms with van der Waals surface area (Å²) in [5.41, 5.74) is 0. The maximum absolute atomic E-state index is 4.37. The van der Waals surface area contributed by atoms with Crippen molar-refractivity contribution in [1.82, 2.24) is 20.2 Å².